The first-order chi connectivity index (χ1) is 16.0. The zero-order chi connectivity index (χ0) is 23.7. The van der Waals surface area contributed by atoms with Gasteiger partial charge in [-0.05, 0) is 31.2 Å². The van der Waals surface area contributed by atoms with E-state index in [1.807, 2.05) is 0 Å². The lowest BCUT2D eigenvalue weighted by atomic mass is 9.95. The van der Waals surface area contributed by atoms with E-state index in [1.54, 1.807) is 43.3 Å². The number of hydrogen-bond donors (Lipinski definition) is 2. The highest BCUT2D eigenvalue weighted by Gasteiger charge is 2.28. The van der Waals surface area contributed by atoms with Crippen LogP contribution >= 0.6 is 0 Å². The maximum atomic E-state index is 13.3. The van der Waals surface area contributed by atoms with Crippen LogP contribution in [-0.4, -0.2) is 38.9 Å². The zero-order valence-corrected chi connectivity index (χ0v) is 18.5. The first-order valence-corrected chi connectivity index (χ1v) is 10.1. The maximum absolute atomic E-state index is 13.3. The Kier molecular flexibility index (Phi) is 5.78. The molecule has 0 radical (unpaired) electrons. The molecule has 0 saturated heterocycles. The summed E-state index contributed by atoms with van der Waals surface area (Å²) in [5.41, 5.74) is 0.0494. The largest absolute Gasteiger partial charge is 0.493 e. The fourth-order valence-electron chi connectivity index (χ4n) is 3.90. The number of methoxy groups -OCH3 is 3. The van der Waals surface area contributed by atoms with Gasteiger partial charge >= 0.3 is 5.97 Å². The predicted octanol–water partition coefficient (Wildman–Crippen LogP) is 3.62. The van der Waals surface area contributed by atoms with Crippen LogP contribution in [0.2, 0.25) is 0 Å². The summed E-state index contributed by atoms with van der Waals surface area (Å²) in [4.78, 5) is 29.1. The molecule has 0 aliphatic carbocycles. The molecule has 0 spiro atoms. The molecule has 2 heterocycles. The molecule has 0 saturated carbocycles. The minimum atomic E-state index is -0.799. The summed E-state index contributed by atoms with van der Waals surface area (Å²) >= 11 is 0. The molecule has 0 aliphatic heterocycles. The van der Waals surface area contributed by atoms with Crippen LogP contribution in [-0.2, 0) is 4.74 Å². The number of carbonyl (C=O) groups is 1. The van der Waals surface area contributed by atoms with Gasteiger partial charge in [0.05, 0.1) is 38.8 Å². The number of ether oxygens (including phenoxy) is 4. The standard InChI is InChI=1S/C24H22N2O7/c1-5-32-24(28)18-16(13-10-11-15(29-2)21(31-4)20(13)30-3)17-19(33-22(18)25)12-8-6-7-9-14(12)26-23(17)27/h6-11,25H,5H2,1-4H3,(H,26,27). The normalized spacial score (nSPS) is 10.9. The van der Waals surface area contributed by atoms with Gasteiger partial charge in [0.1, 0.15) is 5.56 Å². The molecule has 2 aromatic heterocycles. The molecule has 33 heavy (non-hydrogen) atoms. The van der Waals surface area contributed by atoms with E-state index in [2.05, 4.69) is 4.98 Å². The van der Waals surface area contributed by atoms with E-state index in [-0.39, 0.29) is 40.2 Å². The van der Waals surface area contributed by atoms with Crippen LogP contribution in [0.3, 0.4) is 0 Å². The SMILES string of the molecule is CCOC(=O)c1c(-c2ccc(OC)c(OC)c2OC)c2c(=O)[nH]c3ccccc3c2oc1=N. The lowest BCUT2D eigenvalue weighted by Crippen LogP contribution is -2.21. The lowest BCUT2D eigenvalue weighted by molar-refractivity contribution is 0.0522. The van der Waals surface area contributed by atoms with Crippen molar-refractivity contribution in [2.24, 2.45) is 0 Å². The molecule has 2 N–H and O–H groups in total. The quantitative estimate of drug-likeness (QED) is 0.340. The monoisotopic (exact) mass is 450 g/mol. The van der Waals surface area contributed by atoms with Crippen molar-refractivity contribution >= 4 is 27.8 Å². The molecular formula is C24H22N2O7. The number of H-pyrrole nitrogens is 1. The second-order valence-electron chi connectivity index (χ2n) is 6.99. The van der Waals surface area contributed by atoms with Gasteiger partial charge in [-0.3, -0.25) is 10.2 Å². The van der Waals surface area contributed by atoms with E-state index in [0.29, 0.717) is 22.2 Å². The van der Waals surface area contributed by atoms with Crippen molar-refractivity contribution in [3.8, 4) is 28.4 Å². The molecule has 170 valence electrons. The van der Waals surface area contributed by atoms with Crippen molar-refractivity contribution < 1.29 is 28.2 Å². The topological polar surface area (TPSA) is 124 Å². The minimum absolute atomic E-state index is 0.0763. The van der Waals surface area contributed by atoms with Crippen LogP contribution in [0.4, 0.5) is 0 Å². The molecule has 0 fully saturated rings. The Hall–Kier alpha value is -4.27. The number of benzene rings is 2. The van der Waals surface area contributed by atoms with Crippen LogP contribution < -0.4 is 25.3 Å². The number of hydrogen-bond acceptors (Lipinski definition) is 8. The van der Waals surface area contributed by atoms with E-state index in [4.69, 9.17) is 28.8 Å². The number of esters is 1. The maximum Gasteiger partial charge on any atom is 0.344 e. The van der Waals surface area contributed by atoms with Gasteiger partial charge < -0.3 is 28.3 Å². The minimum Gasteiger partial charge on any atom is -0.493 e. The van der Waals surface area contributed by atoms with Crippen molar-refractivity contribution in [3.63, 3.8) is 0 Å². The summed E-state index contributed by atoms with van der Waals surface area (Å²) in [7, 11) is 4.36. The van der Waals surface area contributed by atoms with Crippen molar-refractivity contribution in [1.82, 2.24) is 4.98 Å². The number of rotatable bonds is 6. The molecule has 0 aliphatic rings. The third-order valence-corrected chi connectivity index (χ3v) is 5.26. The Morgan fingerprint density at radius 1 is 1.03 bits per heavy atom. The van der Waals surface area contributed by atoms with Gasteiger partial charge in [-0.2, -0.15) is 0 Å². The number of pyridine rings is 1. The van der Waals surface area contributed by atoms with E-state index >= 15 is 0 Å². The van der Waals surface area contributed by atoms with Gasteiger partial charge in [0.25, 0.3) is 5.56 Å². The van der Waals surface area contributed by atoms with E-state index < -0.39 is 17.1 Å². The molecule has 4 rings (SSSR count). The number of carbonyl (C=O) groups excluding carboxylic acids is 1. The summed E-state index contributed by atoms with van der Waals surface area (Å²) in [6, 6.07) is 10.3. The van der Waals surface area contributed by atoms with Crippen LogP contribution in [0.5, 0.6) is 17.2 Å². The van der Waals surface area contributed by atoms with Crippen molar-refractivity contribution in [2.45, 2.75) is 6.92 Å². The number of nitrogens with one attached hydrogen (secondary N) is 2. The van der Waals surface area contributed by atoms with Crippen LogP contribution in [0.15, 0.2) is 45.6 Å². The molecule has 2 aromatic carbocycles. The third-order valence-electron chi connectivity index (χ3n) is 5.26. The second kappa shape index (κ2) is 8.70. The van der Waals surface area contributed by atoms with Crippen LogP contribution in [0.25, 0.3) is 33.0 Å². The Bertz CT molecular complexity index is 1500. The van der Waals surface area contributed by atoms with Gasteiger partial charge in [0, 0.05) is 16.5 Å². The first-order valence-electron chi connectivity index (χ1n) is 10.1. The van der Waals surface area contributed by atoms with Gasteiger partial charge in [0.15, 0.2) is 17.1 Å². The van der Waals surface area contributed by atoms with Gasteiger partial charge in [0.2, 0.25) is 11.3 Å². The summed E-state index contributed by atoms with van der Waals surface area (Å²) in [6.45, 7) is 1.73. The van der Waals surface area contributed by atoms with E-state index in [9.17, 15) is 9.59 Å². The Morgan fingerprint density at radius 3 is 2.42 bits per heavy atom. The third kappa shape index (κ3) is 3.47. The van der Waals surface area contributed by atoms with E-state index in [1.165, 1.54) is 21.3 Å². The van der Waals surface area contributed by atoms with Crippen LogP contribution in [0, 0.1) is 5.41 Å². The van der Waals surface area contributed by atoms with Crippen LogP contribution in [0.1, 0.15) is 17.3 Å². The summed E-state index contributed by atoms with van der Waals surface area (Å²) in [5, 5.41) is 9.19. The smallest absolute Gasteiger partial charge is 0.344 e. The van der Waals surface area contributed by atoms with Gasteiger partial charge in [-0.25, -0.2) is 4.79 Å². The highest BCUT2D eigenvalue weighted by molar-refractivity contribution is 6.12. The Balaban J connectivity index is 2.27. The molecular weight excluding hydrogens is 428 g/mol. The lowest BCUT2D eigenvalue weighted by Gasteiger charge is -2.18. The molecule has 0 bridgehead atoms. The number of aromatic amines is 1. The summed E-state index contributed by atoms with van der Waals surface area (Å²) in [6.07, 6.45) is 0. The molecule has 0 atom stereocenters. The molecule has 9 heteroatoms. The number of fused-ring (bicyclic) bond motifs is 3. The Labute approximate surface area is 188 Å². The Morgan fingerprint density at radius 2 is 1.76 bits per heavy atom. The number of aromatic nitrogens is 1. The fourth-order valence-corrected chi connectivity index (χ4v) is 3.90. The highest BCUT2D eigenvalue weighted by atomic mass is 16.5. The average Bonchev–Trinajstić information content (AvgIpc) is 2.82. The van der Waals surface area contributed by atoms with Crippen molar-refractivity contribution in [2.75, 3.05) is 27.9 Å². The first kappa shape index (κ1) is 21.9. The van der Waals surface area contributed by atoms with Gasteiger partial charge in [-0.1, -0.05) is 12.1 Å². The molecule has 0 unspecified atom stereocenters. The molecule has 9 nitrogen and oxygen atoms in total. The highest BCUT2D eigenvalue weighted by Crippen LogP contribution is 2.46. The summed E-state index contributed by atoms with van der Waals surface area (Å²) in [5.74, 6) is 0.0885. The molecule has 4 aromatic rings. The average molecular weight is 450 g/mol. The fraction of sp³-hybridized carbons (Fsp3) is 0.208. The van der Waals surface area contributed by atoms with E-state index in [0.717, 1.165) is 0 Å². The predicted molar refractivity (Wildman–Crippen MR) is 121 cm³/mol. The number of para-hydroxylation sites is 1. The molecule has 0 amide bonds. The van der Waals surface area contributed by atoms with Crippen molar-refractivity contribution in [1.29, 1.82) is 5.41 Å². The van der Waals surface area contributed by atoms with Crippen molar-refractivity contribution in [3.05, 3.63) is 57.9 Å². The summed E-state index contributed by atoms with van der Waals surface area (Å²) < 4.78 is 27.4. The zero-order valence-electron chi connectivity index (χ0n) is 18.5. The second-order valence-corrected chi connectivity index (χ2v) is 6.99. The van der Waals surface area contributed by atoms with Gasteiger partial charge in [-0.15, -0.1) is 0 Å².